The van der Waals surface area contributed by atoms with E-state index < -0.39 is 0 Å². The van der Waals surface area contributed by atoms with Crippen molar-refractivity contribution >= 4 is 5.96 Å². The van der Waals surface area contributed by atoms with E-state index >= 15 is 0 Å². The van der Waals surface area contributed by atoms with Crippen LogP contribution in [0.5, 0.6) is 0 Å². The number of nitrogens with one attached hydrogen (secondary N) is 1. The lowest BCUT2D eigenvalue weighted by molar-refractivity contribution is 0.0371. The van der Waals surface area contributed by atoms with Gasteiger partial charge in [0, 0.05) is 46.4 Å². The molecule has 0 bridgehead atoms. The molecule has 25 heavy (non-hydrogen) atoms. The molecule has 1 N–H and O–H groups in total. The van der Waals surface area contributed by atoms with E-state index in [9.17, 15) is 0 Å². The van der Waals surface area contributed by atoms with Crippen LogP contribution in [-0.2, 0) is 11.3 Å². The van der Waals surface area contributed by atoms with Crippen LogP contribution in [0.25, 0.3) is 0 Å². The van der Waals surface area contributed by atoms with Crippen molar-refractivity contribution in [2.45, 2.75) is 31.8 Å². The van der Waals surface area contributed by atoms with E-state index in [1.165, 1.54) is 31.4 Å². The van der Waals surface area contributed by atoms with Crippen molar-refractivity contribution < 1.29 is 4.74 Å². The van der Waals surface area contributed by atoms with Crippen molar-refractivity contribution in [2.24, 2.45) is 10.9 Å². The third kappa shape index (κ3) is 4.73. The maximum absolute atomic E-state index is 5.14. The molecule has 2 fully saturated rings. The molecule has 0 aromatic heterocycles. The predicted molar refractivity (Wildman–Crippen MR) is 103 cm³/mol. The number of aliphatic imine (C=N–C) groups is 1. The Morgan fingerprint density at radius 2 is 2.08 bits per heavy atom. The van der Waals surface area contributed by atoms with Gasteiger partial charge in [-0.05, 0) is 37.3 Å². The summed E-state index contributed by atoms with van der Waals surface area (Å²) in [5.74, 6) is 1.77. The lowest BCUT2D eigenvalue weighted by Crippen LogP contribution is -2.56. The quantitative estimate of drug-likeness (QED) is 0.505. The van der Waals surface area contributed by atoms with Crippen molar-refractivity contribution in [1.82, 2.24) is 15.1 Å². The zero-order valence-corrected chi connectivity index (χ0v) is 15.7. The topological polar surface area (TPSA) is 40.1 Å². The second-order valence-electron chi connectivity index (χ2n) is 7.13. The number of nitrogens with zero attached hydrogens (tertiary/aromatic N) is 3. The van der Waals surface area contributed by atoms with Gasteiger partial charge in [0.05, 0.1) is 6.61 Å². The molecule has 1 aromatic carbocycles. The molecule has 0 spiro atoms. The standard InChI is InChI=1S/C20H32N4O/c1-21-20(22-11-14-25-2)24-13-10-19-18(16-24)9-6-12-23(19)15-17-7-4-3-5-8-17/h3-5,7-8,18-19H,6,9-16H2,1-2H3,(H,21,22). The number of benzene rings is 1. The summed E-state index contributed by atoms with van der Waals surface area (Å²) in [6.07, 6.45) is 3.86. The van der Waals surface area contributed by atoms with E-state index in [1.54, 1.807) is 7.11 Å². The third-order valence-electron chi connectivity index (χ3n) is 5.51. The number of hydrogen-bond donors (Lipinski definition) is 1. The van der Waals surface area contributed by atoms with Gasteiger partial charge in [-0.25, -0.2) is 0 Å². The summed E-state index contributed by atoms with van der Waals surface area (Å²) in [4.78, 5) is 9.61. The maximum atomic E-state index is 5.14. The van der Waals surface area contributed by atoms with Crippen LogP contribution in [0.1, 0.15) is 24.8 Å². The Morgan fingerprint density at radius 1 is 1.24 bits per heavy atom. The van der Waals surface area contributed by atoms with Gasteiger partial charge in [-0.15, -0.1) is 0 Å². The van der Waals surface area contributed by atoms with Crippen molar-refractivity contribution in [3.63, 3.8) is 0 Å². The summed E-state index contributed by atoms with van der Waals surface area (Å²) in [6.45, 7) is 6.04. The summed E-state index contributed by atoms with van der Waals surface area (Å²) < 4.78 is 5.14. The van der Waals surface area contributed by atoms with E-state index in [2.05, 4.69) is 50.4 Å². The molecule has 2 aliphatic heterocycles. The first-order valence-electron chi connectivity index (χ1n) is 9.54. The number of piperidine rings is 2. The molecule has 0 radical (unpaired) electrons. The van der Waals surface area contributed by atoms with Gasteiger partial charge in [-0.3, -0.25) is 9.89 Å². The van der Waals surface area contributed by atoms with Crippen molar-refractivity contribution in [2.75, 3.05) is 46.9 Å². The van der Waals surface area contributed by atoms with Crippen molar-refractivity contribution in [3.05, 3.63) is 35.9 Å². The SMILES string of the molecule is CN=C(NCCOC)N1CCC2C(CCCN2Cc2ccccc2)C1. The van der Waals surface area contributed by atoms with Crippen LogP contribution in [-0.4, -0.2) is 68.7 Å². The highest BCUT2D eigenvalue weighted by atomic mass is 16.5. The Hall–Kier alpha value is -1.59. The summed E-state index contributed by atoms with van der Waals surface area (Å²) in [7, 11) is 3.61. The number of methoxy groups -OCH3 is 1. The van der Waals surface area contributed by atoms with Crippen molar-refractivity contribution in [1.29, 1.82) is 0 Å². The molecule has 5 heteroatoms. The minimum atomic E-state index is 0.710. The third-order valence-corrected chi connectivity index (χ3v) is 5.51. The minimum absolute atomic E-state index is 0.710. The second-order valence-corrected chi connectivity index (χ2v) is 7.13. The van der Waals surface area contributed by atoms with Gasteiger partial charge in [0.2, 0.25) is 0 Å². The fourth-order valence-corrected chi connectivity index (χ4v) is 4.31. The molecule has 0 amide bonds. The van der Waals surface area contributed by atoms with Gasteiger partial charge in [0.25, 0.3) is 0 Å². The van der Waals surface area contributed by atoms with E-state index in [0.29, 0.717) is 12.6 Å². The summed E-state index contributed by atoms with van der Waals surface area (Å²) in [5, 5.41) is 3.42. The summed E-state index contributed by atoms with van der Waals surface area (Å²) in [6, 6.07) is 11.6. The molecule has 138 valence electrons. The number of ether oxygens (including phenoxy) is 1. The number of likely N-dealkylation sites (tertiary alicyclic amines) is 2. The fourth-order valence-electron chi connectivity index (χ4n) is 4.31. The number of hydrogen-bond acceptors (Lipinski definition) is 3. The molecular formula is C20H32N4O. The van der Waals surface area contributed by atoms with Crippen LogP contribution in [0.15, 0.2) is 35.3 Å². The predicted octanol–water partition coefficient (Wildman–Crippen LogP) is 2.19. The largest absolute Gasteiger partial charge is 0.383 e. The van der Waals surface area contributed by atoms with Crippen LogP contribution >= 0.6 is 0 Å². The average molecular weight is 345 g/mol. The number of guanidine groups is 1. The van der Waals surface area contributed by atoms with Crippen LogP contribution in [0.4, 0.5) is 0 Å². The maximum Gasteiger partial charge on any atom is 0.193 e. The van der Waals surface area contributed by atoms with Crippen LogP contribution in [0.3, 0.4) is 0 Å². The number of fused-ring (bicyclic) bond motifs is 1. The van der Waals surface area contributed by atoms with Crippen LogP contribution in [0, 0.1) is 5.92 Å². The highest BCUT2D eigenvalue weighted by molar-refractivity contribution is 5.80. The lowest BCUT2D eigenvalue weighted by Gasteiger charge is -2.48. The fraction of sp³-hybridized carbons (Fsp3) is 0.650. The van der Waals surface area contributed by atoms with Gasteiger partial charge in [-0.1, -0.05) is 30.3 Å². The molecule has 0 saturated carbocycles. The van der Waals surface area contributed by atoms with Crippen LogP contribution in [0.2, 0.25) is 0 Å². The molecule has 2 heterocycles. The Balaban J connectivity index is 1.58. The Bertz CT molecular complexity index is 548. The first kappa shape index (κ1) is 18.2. The molecule has 2 saturated heterocycles. The lowest BCUT2D eigenvalue weighted by atomic mass is 9.83. The Morgan fingerprint density at radius 3 is 2.84 bits per heavy atom. The van der Waals surface area contributed by atoms with Gasteiger partial charge in [0.1, 0.15) is 0 Å². The van der Waals surface area contributed by atoms with Gasteiger partial charge >= 0.3 is 0 Å². The Kier molecular flexibility index (Phi) is 6.70. The molecule has 2 aliphatic rings. The van der Waals surface area contributed by atoms with Gasteiger partial charge in [0.15, 0.2) is 5.96 Å². The van der Waals surface area contributed by atoms with Crippen LogP contribution < -0.4 is 5.32 Å². The first-order chi connectivity index (χ1) is 12.3. The van der Waals surface area contributed by atoms with E-state index in [1.807, 2.05) is 7.05 Å². The molecular weight excluding hydrogens is 312 g/mol. The van der Waals surface area contributed by atoms with E-state index in [-0.39, 0.29) is 0 Å². The molecule has 3 rings (SSSR count). The molecule has 1 aromatic rings. The first-order valence-corrected chi connectivity index (χ1v) is 9.54. The number of rotatable bonds is 5. The van der Waals surface area contributed by atoms with Crippen molar-refractivity contribution in [3.8, 4) is 0 Å². The Labute approximate surface area is 152 Å². The highest BCUT2D eigenvalue weighted by Crippen LogP contribution is 2.31. The summed E-state index contributed by atoms with van der Waals surface area (Å²) in [5.41, 5.74) is 1.43. The molecule has 5 nitrogen and oxygen atoms in total. The zero-order chi connectivity index (χ0) is 17.5. The van der Waals surface area contributed by atoms with Gasteiger partial charge in [-0.2, -0.15) is 0 Å². The average Bonchev–Trinajstić information content (AvgIpc) is 2.66. The molecule has 2 atom stereocenters. The monoisotopic (exact) mass is 344 g/mol. The normalized spacial score (nSPS) is 24.9. The highest BCUT2D eigenvalue weighted by Gasteiger charge is 2.36. The summed E-state index contributed by atoms with van der Waals surface area (Å²) >= 11 is 0. The van der Waals surface area contributed by atoms with E-state index in [0.717, 1.165) is 38.1 Å². The smallest absolute Gasteiger partial charge is 0.193 e. The van der Waals surface area contributed by atoms with E-state index in [4.69, 9.17) is 4.74 Å². The molecule has 2 unspecified atom stereocenters. The zero-order valence-electron chi connectivity index (χ0n) is 15.7. The second kappa shape index (κ2) is 9.20. The van der Waals surface area contributed by atoms with Gasteiger partial charge < -0.3 is 15.0 Å². The minimum Gasteiger partial charge on any atom is -0.383 e. The molecule has 0 aliphatic carbocycles.